The van der Waals surface area contributed by atoms with Gasteiger partial charge in [0.2, 0.25) is 0 Å². The SMILES string of the molecule is [O-][NH+]1C2CC(O)CCC2NC2CCCC(O)C21. The minimum absolute atomic E-state index is 0.0762. The van der Waals surface area contributed by atoms with E-state index in [-0.39, 0.29) is 35.3 Å². The number of aliphatic hydroxyl groups is 2. The second-order valence-electron chi connectivity index (χ2n) is 5.88. The van der Waals surface area contributed by atoms with Crippen molar-refractivity contribution in [2.45, 2.75) is 74.9 Å². The zero-order valence-electron chi connectivity index (χ0n) is 10.0. The summed E-state index contributed by atoms with van der Waals surface area (Å²) < 4.78 is 0. The van der Waals surface area contributed by atoms with Gasteiger partial charge in [0.15, 0.2) is 0 Å². The molecule has 0 spiro atoms. The van der Waals surface area contributed by atoms with Crippen molar-refractivity contribution in [3.8, 4) is 0 Å². The zero-order valence-corrected chi connectivity index (χ0v) is 10.0. The van der Waals surface area contributed by atoms with E-state index >= 15 is 0 Å². The predicted molar refractivity (Wildman–Crippen MR) is 62.3 cm³/mol. The Labute approximate surface area is 101 Å². The Morgan fingerprint density at radius 1 is 1.06 bits per heavy atom. The maximum Gasteiger partial charge on any atom is 0.129 e. The Balaban J connectivity index is 1.79. The van der Waals surface area contributed by atoms with Crippen LogP contribution in [0.25, 0.3) is 0 Å². The van der Waals surface area contributed by atoms with Crippen LogP contribution in [0.5, 0.6) is 0 Å². The molecular formula is C12H22N2O3. The molecule has 0 amide bonds. The molecule has 0 aromatic heterocycles. The van der Waals surface area contributed by atoms with Crippen LogP contribution >= 0.6 is 0 Å². The van der Waals surface area contributed by atoms with Crippen LogP contribution in [0.1, 0.15) is 38.5 Å². The molecular weight excluding hydrogens is 220 g/mol. The second kappa shape index (κ2) is 4.48. The highest BCUT2D eigenvalue weighted by molar-refractivity contribution is 4.97. The zero-order chi connectivity index (χ0) is 12.0. The van der Waals surface area contributed by atoms with Crippen LogP contribution in [0.3, 0.4) is 0 Å². The molecule has 2 aliphatic carbocycles. The molecule has 17 heavy (non-hydrogen) atoms. The van der Waals surface area contributed by atoms with Gasteiger partial charge in [-0.15, -0.1) is 0 Å². The Hall–Kier alpha value is -0.200. The molecule has 0 radical (unpaired) electrons. The molecule has 3 rings (SSSR count). The summed E-state index contributed by atoms with van der Waals surface area (Å²) in [6, 6.07) is 0.100. The van der Waals surface area contributed by atoms with Crippen LogP contribution in [0.2, 0.25) is 0 Å². The first-order chi connectivity index (χ1) is 8.16. The van der Waals surface area contributed by atoms with Gasteiger partial charge in [0.1, 0.15) is 18.2 Å². The topological polar surface area (TPSA) is 80.0 Å². The van der Waals surface area contributed by atoms with Crippen molar-refractivity contribution in [2.24, 2.45) is 0 Å². The molecule has 1 saturated heterocycles. The smallest absolute Gasteiger partial charge is 0.129 e. The monoisotopic (exact) mass is 242 g/mol. The molecule has 0 aromatic carbocycles. The lowest BCUT2D eigenvalue weighted by atomic mass is 9.78. The molecule has 7 atom stereocenters. The number of fused-ring (bicyclic) bond motifs is 2. The van der Waals surface area contributed by atoms with E-state index in [2.05, 4.69) is 5.32 Å². The van der Waals surface area contributed by atoms with E-state index in [9.17, 15) is 15.4 Å². The van der Waals surface area contributed by atoms with Gasteiger partial charge in [0.25, 0.3) is 0 Å². The van der Waals surface area contributed by atoms with Gasteiger partial charge in [0.05, 0.1) is 18.2 Å². The Morgan fingerprint density at radius 3 is 2.71 bits per heavy atom. The van der Waals surface area contributed by atoms with E-state index in [1.165, 1.54) is 0 Å². The highest BCUT2D eigenvalue weighted by Crippen LogP contribution is 2.26. The minimum atomic E-state index is -0.478. The fourth-order valence-electron chi connectivity index (χ4n) is 3.93. The van der Waals surface area contributed by atoms with Crippen molar-refractivity contribution in [1.82, 2.24) is 5.32 Å². The molecule has 3 aliphatic rings. The summed E-state index contributed by atoms with van der Waals surface area (Å²) >= 11 is 0. The number of nitrogens with one attached hydrogen (secondary N) is 2. The molecule has 0 bridgehead atoms. The number of piperazine rings is 1. The first-order valence-corrected chi connectivity index (χ1v) is 6.82. The van der Waals surface area contributed by atoms with Gasteiger partial charge >= 0.3 is 0 Å². The van der Waals surface area contributed by atoms with Gasteiger partial charge in [-0.1, -0.05) is 0 Å². The quantitative estimate of drug-likeness (QED) is 0.391. The third-order valence-electron chi connectivity index (χ3n) is 4.81. The summed E-state index contributed by atoms with van der Waals surface area (Å²) in [4.78, 5) is 0. The molecule has 7 unspecified atom stereocenters. The summed E-state index contributed by atoms with van der Waals surface area (Å²) in [7, 11) is 0. The third kappa shape index (κ3) is 2.00. The lowest BCUT2D eigenvalue weighted by Crippen LogP contribution is -3.22. The summed E-state index contributed by atoms with van der Waals surface area (Å²) in [6.45, 7) is 0. The van der Waals surface area contributed by atoms with Crippen LogP contribution in [-0.2, 0) is 0 Å². The number of aliphatic hydroxyl groups excluding tert-OH is 2. The number of hydroxylamine groups is 2. The first-order valence-electron chi connectivity index (χ1n) is 6.82. The van der Waals surface area contributed by atoms with Crippen molar-refractivity contribution in [3.05, 3.63) is 5.21 Å². The van der Waals surface area contributed by atoms with Gasteiger partial charge in [-0.2, -0.15) is 0 Å². The fourth-order valence-corrected chi connectivity index (χ4v) is 3.93. The lowest BCUT2D eigenvalue weighted by molar-refractivity contribution is -0.917. The first kappa shape index (κ1) is 11.9. The van der Waals surface area contributed by atoms with Crippen LogP contribution < -0.4 is 10.4 Å². The number of hydrogen-bond donors (Lipinski definition) is 4. The Bertz CT molecular complexity index is 289. The van der Waals surface area contributed by atoms with Crippen LogP contribution in [0.15, 0.2) is 0 Å². The maximum absolute atomic E-state index is 12.4. The predicted octanol–water partition coefficient (Wildman–Crippen LogP) is -1.46. The van der Waals surface area contributed by atoms with Crippen LogP contribution in [-0.4, -0.2) is 46.6 Å². The Morgan fingerprint density at radius 2 is 1.88 bits per heavy atom. The maximum atomic E-state index is 12.4. The molecule has 1 heterocycles. The number of rotatable bonds is 0. The third-order valence-corrected chi connectivity index (χ3v) is 4.81. The average Bonchev–Trinajstić information content (AvgIpc) is 2.30. The van der Waals surface area contributed by atoms with E-state index in [1.54, 1.807) is 0 Å². The number of hydrogen-bond acceptors (Lipinski definition) is 4. The summed E-state index contributed by atoms with van der Waals surface area (Å²) in [6.07, 6.45) is 4.19. The second-order valence-corrected chi connectivity index (χ2v) is 5.88. The molecule has 0 aromatic rings. The summed E-state index contributed by atoms with van der Waals surface area (Å²) in [5, 5.41) is 35.9. The van der Waals surface area contributed by atoms with Gasteiger partial charge in [-0.3, -0.25) is 0 Å². The van der Waals surface area contributed by atoms with Crippen LogP contribution in [0, 0.1) is 5.21 Å². The van der Waals surface area contributed by atoms with E-state index in [0.717, 1.165) is 32.1 Å². The number of quaternary nitrogens is 1. The summed E-state index contributed by atoms with van der Waals surface area (Å²) in [5.74, 6) is 0. The normalized spacial score (nSPS) is 54.9. The molecule has 5 nitrogen and oxygen atoms in total. The molecule has 2 saturated carbocycles. The molecule has 1 aliphatic heterocycles. The van der Waals surface area contributed by atoms with Crippen LogP contribution in [0.4, 0.5) is 0 Å². The largest absolute Gasteiger partial charge is 0.634 e. The average molecular weight is 242 g/mol. The Kier molecular flexibility index (Phi) is 3.13. The fraction of sp³-hybridized carbons (Fsp3) is 1.00. The molecule has 4 N–H and O–H groups in total. The van der Waals surface area contributed by atoms with Gasteiger partial charge in [0, 0.05) is 6.42 Å². The van der Waals surface area contributed by atoms with Crippen molar-refractivity contribution in [3.63, 3.8) is 0 Å². The van der Waals surface area contributed by atoms with Gasteiger partial charge in [-0.25, -0.2) is 0 Å². The highest BCUT2D eigenvalue weighted by atomic mass is 16.5. The lowest BCUT2D eigenvalue weighted by Gasteiger charge is -2.55. The summed E-state index contributed by atoms with van der Waals surface area (Å²) in [5.41, 5.74) is 0. The molecule has 5 heteroatoms. The van der Waals surface area contributed by atoms with Gasteiger partial charge in [-0.05, 0) is 32.1 Å². The van der Waals surface area contributed by atoms with Crippen molar-refractivity contribution in [2.75, 3.05) is 0 Å². The van der Waals surface area contributed by atoms with Crippen molar-refractivity contribution in [1.29, 1.82) is 0 Å². The standard InChI is InChI=1S/C12H22N2O3/c15-7-4-5-8-10(6-7)14(17)12-9(13-8)2-1-3-11(12)16/h7-16H,1-6H2. The minimum Gasteiger partial charge on any atom is -0.634 e. The van der Waals surface area contributed by atoms with Crippen molar-refractivity contribution < 1.29 is 15.3 Å². The molecule has 98 valence electrons. The van der Waals surface area contributed by atoms with E-state index in [1.807, 2.05) is 0 Å². The van der Waals surface area contributed by atoms with Crippen molar-refractivity contribution >= 4 is 0 Å². The van der Waals surface area contributed by atoms with E-state index in [0.29, 0.717) is 6.42 Å². The highest BCUT2D eigenvalue weighted by Gasteiger charge is 2.48. The van der Waals surface area contributed by atoms with Gasteiger partial charge < -0.3 is 25.8 Å². The molecule has 3 fully saturated rings. The van der Waals surface area contributed by atoms with E-state index in [4.69, 9.17) is 0 Å². The van der Waals surface area contributed by atoms with E-state index < -0.39 is 6.10 Å².